The molecule has 1 rings (SSSR count). The van der Waals surface area contributed by atoms with E-state index in [-0.39, 0.29) is 0 Å². The van der Waals surface area contributed by atoms with Gasteiger partial charge in [0.1, 0.15) is 5.78 Å². The second kappa shape index (κ2) is 4.79. The SMILES string of the molecule is CC(=O)CC(F)(C1CCCCC1)S(=O)(=O)O. The molecular formula is C10H17FO4S. The number of hydrogen-bond donors (Lipinski definition) is 1. The van der Waals surface area contributed by atoms with E-state index in [1.807, 2.05) is 0 Å². The molecule has 0 saturated heterocycles. The summed E-state index contributed by atoms with van der Waals surface area (Å²) in [6.07, 6.45) is 2.48. The number of rotatable bonds is 4. The molecule has 0 aliphatic heterocycles. The van der Waals surface area contributed by atoms with Gasteiger partial charge in [-0.05, 0) is 19.8 Å². The van der Waals surface area contributed by atoms with Crippen LogP contribution in [0.5, 0.6) is 0 Å². The molecule has 0 heterocycles. The first-order chi connectivity index (χ1) is 7.27. The van der Waals surface area contributed by atoms with Gasteiger partial charge in [-0.25, -0.2) is 4.39 Å². The van der Waals surface area contributed by atoms with Crippen molar-refractivity contribution in [1.82, 2.24) is 0 Å². The van der Waals surface area contributed by atoms with Gasteiger partial charge in [-0.15, -0.1) is 0 Å². The van der Waals surface area contributed by atoms with Crippen molar-refractivity contribution < 1.29 is 22.2 Å². The molecule has 0 aromatic heterocycles. The minimum Gasteiger partial charge on any atom is -0.300 e. The molecule has 0 spiro atoms. The van der Waals surface area contributed by atoms with E-state index < -0.39 is 33.2 Å². The highest BCUT2D eigenvalue weighted by Crippen LogP contribution is 2.41. The highest BCUT2D eigenvalue weighted by molar-refractivity contribution is 7.87. The number of Topliss-reactive ketones (excluding diaryl/α,β-unsaturated/α-hetero) is 1. The fourth-order valence-corrected chi connectivity index (χ4v) is 3.36. The van der Waals surface area contributed by atoms with E-state index >= 15 is 0 Å². The van der Waals surface area contributed by atoms with Crippen LogP contribution in [0.2, 0.25) is 0 Å². The zero-order valence-electron chi connectivity index (χ0n) is 9.28. The van der Waals surface area contributed by atoms with Crippen LogP contribution in [0.4, 0.5) is 4.39 Å². The standard InChI is InChI=1S/C10H17FO4S/c1-8(12)7-10(11,16(13,14)15)9-5-3-2-4-6-9/h9H,2-7H2,1H3,(H,13,14,15). The summed E-state index contributed by atoms with van der Waals surface area (Å²) in [6.45, 7) is 1.13. The van der Waals surface area contributed by atoms with Gasteiger partial charge >= 0.3 is 10.1 Å². The van der Waals surface area contributed by atoms with E-state index in [0.717, 1.165) is 26.2 Å². The van der Waals surface area contributed by atoms with E-state index in [2.05, 4.69) is 0 Å². The van der Waals surface area contributed by atoms with Gasteiger partial charge in [-0.1, -0.05) is 19.3 Å². The summed E-state index contributed by atoms with van der Waals surface area (Å²) in [7, 11) is -4.85. The molecule has 0 aromatic rings. The maximum Gasteiger partial charge on any atom is 0.301 e. The third-order valence-corrected chi connectivity index (χ3v) is 4.47. The molecule has 4 nitrogen and oxygen atoms in total. The van der Waals surface area contributed by atoms with Crippen LogP contribution in [0, 0.1) is 5.92 Å². The van der Waals surface area contributed by atoms with Gasteiger partial charge in [-0.2, -0.15) is 8.42 Å². The largest absolute Gasteiger partial charge is 0.301 e. The molecule has 1 atom stereocenters. The molecule has 0 bridgehead atoms. The molecule has 1 N–H and O–H groups in total. The Balaban J connectivity index is 2.98. The van der Waals surface area contributed by atoms with E-state index in [1.54, 1.807) is 0 Å². The number of carbonyl (C=O) groups excluding carboxylic acids is 1. The molecule has 6 heteroatoms. The predicted octanol–water partition coefficient (Wildman–Crippen LogP) is 2.10. The summed E-state index contributed by atoms with van der Waals surface area (Å²) in [5.74, 6) is -1.33. The minimum absolute atomic E-state index is 0.406. The number of hydrogen-bond acceptors (Lipinski definition) is 3. The summed E-state index contributed by atoms with van der Waals surface area (Å²) < 4.78 is 45.6. The Hall–Kier alpha value is -0.490. The molecule has 1 aliphatic carbocycles. The molecule has 0 radical (unpaired) electrons. The van der Waals surface area contributed by atoms with Crippen LogP contribution in [-0.2, 0) is 14.9 Å². The number of halogens is 1. The Bertz CT molecular complexity index is 359. The maximum absolute atomic E-state index is 14.4. The van der Waals surface area contributed by atoms with Crippen molar-refractivity contribution in [1.29, 1.82) is 0 Å². The topological polar surface area (TPSA) is 71.4 Å². The first kappa shape index (κ1) is 13.6. The van der Waals surface area contributed by atoms with Crippen molar-refractivity contribution in [2.45, 2.75) is 50.4 Å². The van der Waals surface area contributed by atoms with Crippen LogP contribution < -0.4 is 0 Å². The molecule has 0 amide bonds. The van der Waals surface area contributed by atoms with Gasteiger partial charge in [0.2, 0.25) is 5.00 Å². The summed E-state index contributed by atoms with van der Waals surface area (Å²) in [5, 5.41) is -2.79. The molecular weight excluding hydrogens is 235 g/mol. The van der Waals surface area contributed by atoms with Gasteiger partial charge in [0.15, 0.2) is 0 Å². The first-order valence-corrected chi connectivity index (χ1v) is 6.87. The van der Waals surface area contributed by atoms with Crippen molar-refractivity contribution in [2.24, 2.45) is 5.92 Å². The van der Waals surface area contributed by atoms with Crippen LogP contribution in [0.15, 0.2) is 0 Å². The monoisotopic (exact) mass is 252 g/mol. The van der Waals surface area contributed by atoms with Gasteiger partial charge < -0.3 is 0 Å². The Morgan fingerprint density at radius 2 is 1.88 bits per heavy atom. The van der Waals surface area contributed by atoms with Crippen LogP contribution in [0.3, 0.4) is 0 Å². The van der Waals surface area contributed by atoms with E-state index in [4.69, 9.17) is 4.55 Å². The van der Waals surface area contributed by atoms with Gasteiger partial charge in [-0.3, -0.25) is 9.35 Å². The predicted molar refractivity (Wildman–Crippen MR) is 57.3 cm³/mol. The molecule has 1 fully saturated rings. The van der Waals surface area contributed by atoms with Gasteiger partial charge in [0.25, 0.3) is 0 Å². The molecule has 1 aliphatic rings. The van der Waals surface area contributed by atoms with Crippen LogP contribution in [0.25, 0.3) is 0 Å². The van der Waals surface area contributed by atoms with Crippen molar-refractivity contribution in [2.75, 3.05) is 0 Å². The fourth-order valence-electron chi connectivity index (χ4n) is 2.32. The van der Waals surface area contributed by atoms with Crippen molar-refractivity contribution in [3.8, 4) is 0 Å². The Morgan fingerprint density at radius 3 is 2.25 bits per heavy atom. The van der Waals surface area contributed by atoms with Crippen LogP contribution in [0.1, 0.15) is 45.4 Å². The fraction of sp³-hybridized carbons (Fsp3) is 0.900. The van der Waals surface area contributed by atoms with E-state index in [0.29, 0.717) is 12.8 Å². The molecule has 0 aromatic carbocycles. The highest BCUT2D eigenvalue weighted by Gasteiger charge is 2.51. The second-order valence-corrected chi connectivity index (χ2v) is 6.10. The highest BCUT2D eigenvalue weighted by atomic mass is 32.2. The minimum atomic E-state index is -4.85. The third-order valence-electron chi connectivity index (χ3n) is 3.13. The van der Waals surface area contributed by atoms with Gasteiger partial charge in [0.05, 0.1) is 6.42 Å². The lowest BCUT2D eigenvalue weighted by atomic mass is 9.84. The summed E-state index contributed by atoms with van der Waals surface area (Å²) in [4.78, 5) is 10.9. The first-order valence-electron chi connectivity index (χ1n) is 5.43. The summed E-state index contributed by atoms with van der Waals surface area (Å²) in [5.41, 5.74) is 0. The van der Waals surface area contributed by atoms with Crippen molar-refractivity contribution in [3.63, 3.8) is 0 Å². The zero-order chi connectivity index (χ0) is 12.4. The lowest BCUT2D eigenvalue weighted by Crippen LogP contribution is -2.43. The van der Waals surface area contributed by atoms with Gasteiger partial charge in [0, 0.05) is 5.92 Å². The lowest BCUT2D eigenvalue weighted by molar-refractivity contribution is -0.119. The molecule has 16 heavy (non-hydrogen) atoms. The Kier molecular flexibility index (Phi) is 4.07. The average molecular weight is 252 g/mol. The summed E-state index contributed by atoms with van der Waals surface area (Å²) in [6, 6.07) is 0. The Morgan fingerprint density at radius 1 is 1.38 bits per heavy atom. The van der Waals surface area contributed by atoms with E-state index in [1.165, 1.54) is 0 Å². The zero-order valence-corrected chi connectivity index (χ0v) is 10.1. The lowest BCUT2D eigenvalue weighted by Gasteiger charge is -2.32. The number of alkyl halides is 1. The molecule has 94 valence electrons. The average Bonchev–Trinajstić information content (AvgIpc) is 2.16. The number of carbonyl (C=O) groups is 1. The number of ketones is 1. The second-order valence-electron chi connectivity index (χ2n) is 4.47. The maximum atomic E-state index is 14.4. The Labute approximate surface area is 95.0 Å². The quantitative estimate of drug-likeness (QED) is 0.778. The molecule has 1 unspecified atom stereocenters. The van der Waals surface area contributed by atoms with Crippen molar-refractivity contribution in [3.05, 3.63) is 0 Å². The van der Waals surface area contributed by atoms with Crippen molar-refractivity contribution >= 4 is 15.9 Å². The molecule has 1 saturated carbocycles. The smallest absolute Gasteiger partial charge is 0.300 e. The van der Waals surface area contributed by atoms with E-state index in [9.17, 15) is 17.6 Å². The third kappa shape index (κ3) is 2.79. The normalized spacial score (nSPS) is 22.7. The van der Waals surface area contributed by atoms with Crippen LogP contribution >= 0.6 is 0 Å². The van der Waals surface area contributed by atoms with Crippen LogP contribution in [-0.4, -0.2) is 23.8 Å². The summed E-state index contributed by atoms with van der Waals surface area (Å²) >= 11 is 0.